The highest BCUT2D eigenvalue weighted by atomic mass is 16.5. The molecular formula is C21H29NO2. The summed E-state index contributed by atoms with van der Waals surface area (Å²) in [4.78, 5) is 12.6. The Morgan fingerprint density at radius 2 is 2.25 bits per heavy atom. The van der Waals surface area contributed by atoms with Crippen LogP contribution in [0.3, 0.4) is 0 Å². The lowest BCUT2D eigenvalue weighted by Gasteiger charge is -2.53. The standard InChI is InChI=1S/C21H29NO2/c1-19-8-7-16-11-15-4-3-14(13-22-2)12-20(15)9-10-21(16,24-20)17(19)5-6-18(19)23/h4,11,14,17,22H,3,5-10,12-13H2,1-2H3/t14-,17-,19+,20-,21-/m1/s1/i3T/t3-,14-,17-,19+,20-,21-. The minimum Gasteiger partial charge on any atom is -0.359 e. The lowest BCUT2D eigenvalue weighted by Crippen LogP contribution is -2.55. The van der Waals surface area contributed by atoms with Crippen LogP contribution in [-0.2, 0) is 9.53 Å². The first-order valence-corrected chi connectivity index (χ1v) is 9.67. The number of ketones is 1. The van der Waals surface area contributed by atoms with Crippen LogP contribution in [0, 0.1) is 17.3 Å². The van der Waals surface area contributed by atoms with Gasteiger partial charge in [-0.2, -0.15) is 0 Å². The molecule has 1 saturated heterocycles. The van der Waals surface area contributed by atoms with Gasteiger partial charge in [0.1, 0.15) is 5.78 Å². The summed E-state index contributed by atoms with van der Waals surface area (Å²) in [6.45, 7) is 3.06. The van der Waals surface area contributed by atoms with Crippen LogP contribution in [0.15, 0.2) is 23.3 Å². The van der Waals surface area contributed by atoms with Crippen LogP contribution in [-0.4, -0.2) is 30.6 Å². The van der Waals surface area contributed by atoms with Crippen molar-refractivity contribution in [3.63, 3.8) is 0 Å². The number of fused-ring (bicyclic) bond motifs is 1. The summed E-state index contributed by atoms with van der Waals surface area (Å²) in [5.41, 5.74) is 2.10. The van der Waals surface area contributed by atoms with E-state index in [1.54, 1.807) is 0 Å². The van der Waals surface area contributed by atoms with Crippen LogP contribution >= 0.6 is 0 Å². The molecule has 5 rings (SSSR count). The van der Waals surface area contributed by atoms with Crippen molar-refractivity contribution in [1.29, 1.82) is 0 Å². The van der Waals surface area contributed by atoms with E-state index in [-0.39, 0.29) is 23.0 Å². The normalized spacial score (nSPS) is 52.8. The first-order chi connectivity index (χ1) is 11.9. The van der Waals surface area contributed by atoms with Crippen molar-refractivity contribution in [3.8, 4) is 0 Å². The number of ether oxygens (including phenoxy) is 1. The summed E-state index contributed by atoms with van der Waals surface area (Å²) in [6.07, 6.45) is 11.1. The van der Waals surface area contributed by atoms with E-state index in [1.165, 1.54) is 11.1 Å². The molecular weight excluding hydrogens is 298 g/mol. The number of hydrogen-bond donors (Lipinski definition) is 1. The predicted octanol–water partition coefficient (Wildman–Crippen LogP) is 3.55. The Labute approximate surface area is 146 Å². The Kier molecular flexibility index (Phi) is 2.87. The molecule has 2 aliphatic heterocycles. The van der Waals surface area contributed by atoms with Crippen LogP contribution in [0.5, 0.6) is 0 Å². The molecule has 2 heterocycles. The lowest BCUT2D eigenvalue weighted by molar-refractivity contribution is -0.152. The Bertz CT molecular complexity index is 700. The SMILES string of the molecule is [3H][C@@H]1C=C2C=C3CC[C@]4(C)C(=O)CC[C@H]4[C@@]34CC[C@]2(C[C@@H]1CNC)O4. The fraction of sp³-hybridized carbons (Fsp3) is 0.762. The molecule has 2 saturated carbocycles. The zero-order valence-electron chi connectivity index (χ0n) is 15.9. The van der Waals surface area contributed by atoms with E-state index >= 15 is 0 Å². The molecule has 0 aromatic carbocycles. The van der Waals surface area contributed by atoms with Crippen LogP contribution < -0.4 is 5.32 Å². The molecule has 5 aliphatic rings. The molecule has 0 unspecified atom stereocenters. The average molecular weight is 329 g/mol. The van der Waals surface area contributed by atoms with Crippen molar-refractivity contribution in [3.05, 3.63) is 23.3 Å². The third-order valence-electron chi connectivity index (χ3n) is 7.83. The predicted molar refractivity (Wildman–Crippen MR) is 93.7 cm³/mol. The van der Waals surface area contributed by atoms with Gasteiger partial charge in [-0.25, -0.2) is 0 Å². The molecule has 2 spiro atoms. The van der Waals surface area contributed by atoms with Gasteiger partial charge in [0.25, 0.3) is 0 Å². The van der Waals surface area contributed by atoms with Gasteiger partial charge in [0.05, 0.1) is 11.2 Å². The quantitative estimate of drug-likeness (QED) is 0.842. The van der Waals surface area contributed by atoms with E-state index in [0.717, 1.165) is 51.5 Å². The second kappa shape index (κ2) is 4.82. The molecule has 3 aliphatic carbocycles. The molecule has 6 atom stereocenters. The maximum absolute atomic E-state index is 12.6. The number of carbonyl (C=O) groups excluding carboxylic acids is 1. The van der Waals surface area contributed by atoms with E-state index in [2.05, 4.69) is 24.4 Å². The fourth-order valence-corrected chi connectivity index (χ4v) is 6.59. The van der Waals surface area contributed by atoms with Gasteiger partial charge in [0, 0.05) is 19.1 Å². The maximum atomic E-state index is 12.6. The van der Waals surface area contributed by atoms with Crippen LogP contribution in [0.4, 0.5) is 0 Å². The highest BCUT2D eigenvalue weighted by Gasteiger charge is 2.67. The minimum absolute atomic E-state index is 0.150. The van der Waals surface area contributed by atoms with Crippen molar-refractivity contribution in [2.24, 2.45) is 17.3 Å². The summed E-state index contributed by atoms with van der Waals surface area (Å²) in [6, 6.07) is 0. The summed E-state index contributed by atoms with van der Waals surface area (Å²) >= 11 is 0. The molecule has 3 nitrogen and oxygen atoms in total. The van der Waals surface area contributed by atoms with Crippen molar-refractivity contribution in [2.45, 2.75) is 69.5 Å². The van der Waals surface area contributed by atoms with E-state index in [4.69, 9.17) is 6.11 Å². The van der Waals surface area contributed by atoms with Gasteiger partial charge < -0.3 is 10.1 Å². The van der Waals surface area contributed by atoms with Gasteiger partial charge >= 0.3 is 0 Å². The van der Waals surface area contributed by atoms with Crippen molar-refractivity contribution in [1.82, 2.24) is 5.32 Å². The van der Waals surface area contributed by atoms with Gasteiger partial charge in [0.15, 0.2) is 0 Å². The summed E-state index contributed by atoms with van der Waals surface area (Å²) in [5.74, 6) is 1.11. The Balaban J connectivity index is 1.59. The number of nitrogens with one attached hydrogen (secondary N) is 1. The molecule has 3 fully saturated rings. The number of allylic oxidation sites excluding steroid dienone is 1. The van der Waals surface area contributed by atoms with E-state index < -0.39 is 0 Å². The molecule has 24 heavy (non-hydrogen) atoms. The average Bonchev–Trinajstić information content (AvgIpc) is 3.06. The molecule has 3 heteroatoms. The van der Waals surface area contributed by atoms with Crippen molar-refractivity contribution in [2.75, 3.05) is 13.6 Å². The largest absolute Gasteiger partial charge is 0.359 e. The first kappa shape index (κ1) is 14.3. The van der Waals surface area contributed by atoms with Gasteiger partial charge in [-0.1, -0.05) is 19.1 Å². The van der Waals surface area contributed by atoms with E-state index in [0.29, 0.717) is 17.6 Å². The number of rotatable bonds is 2. The van der Waals surface area contributed by atoms with Crippen molar-refractivity contribution < 1.29 is 10.9 Å². The van der Waals surface area contributed by atoms with Gasteiger partial charge in [-0.15, -0.1) is 0 Å². The fourth-order valence-electron chi connectivity index (χ4n) is 6.59. The van der Waals surface area contributed by atoms with E-state index in [9.17, 15) is 4.79 Å². The molecule has 0 aromatic heterocycles. The minimum atomic E-state index is -0.202. The molecule has 0 radical (unpaired) electrons. The molecule has 0 aromatic rings. The molecule has 2 bridgehead atoms. The third kappa shape index (κ3) is 1.73. The highest BCUT2D eigenvalue weighted by molar-refractivity contribution is 5.87. The Hall–Kier alpha value is -0.930. The Morgan fingerprint density at radius 1 is 1.38 bits per heavy atom. The number of Topliss-reactive ketones (excluding diaryl/α,β-unsaturated/α-hetero) is 1. The number of carbonyl (C=O) groups is 1. The summed E-state index contributed by atoms with van der Waals surface area (Å²) < 4.78 is 15.5. The van der Waals surface area contributed by atoms with Crippen LogP contribution in [0.1, 0.15) is 59.6 Å². The topological polar surface area (TPSA) is 38.3 Å². The van der Waals surface area contributed by atoms with E-state index in [1.807, 2.05) is 7.05 Å². The number of hydrogen-bond acceptors (Lipinski definition) is 3. The summed E-state index contributed by atoms with van der Waals surface area (Å²) in [5, 5.41) is 3.26. The summed E-state index contributed by atoms with van der Waals surface area (Å²) in [7, 11) is 1.97. The molecule has 130 valence electrons. The third-order valence-corrected chi connectivity index (χ3v) is 7.83. The van der Waals surface area contributed by atoms with Crippen molar-refractivity contribution >= 4 is 5.78 Å². The Morgan fingerprint density at radius 3 is 3.08 bits per heavy atom. The first-order valence-electron chi connectivity index (χ1n) is 10.2. The van der Waals surface area contributed by atoms with Gasteiger partial charge in [-0.3, -0.25) is 4.79 Å². The smallest absolute Gasteiger partial charge is 0.139 e. The monoisotopic (exact) mass is 329 g/mol. The zero-order valence-corrected chi connectivity index (χ0v) is 14.9. The van der Waals surface area contributed by atoms with Gasteiger partial charge in [0.2, 0.25) is 0 Å². The lowest BCUT2D eigenvalue weighted by atomic mass is 9.59. The molecule has 1 N–H and O–H groups in total. The van der Waals surface area contributed by atoms with Crippen LogP contribution in [0.25, 0.3) is 0 Å². The second-order valence-corrected chi connectivity index (χ2v) is 8.92. The van der Waals surface area contributed by atoms with Gasteiger partial charge in [-0.05, 0) is 75.6 Å². The maximum Gasteiger partial charge on any atom is 0.139 e. The van der Waals surface area contributed by atoms with Crippen LogP contribution in [0.2, 0.25) is 0 Å². The molecule has 0 amide bonds. The zero-order chi connectivity index (χ0) is 17.4. The highest BCUT2D eigenvalue weighted by Crippen LogP contribution is 2.66. The second-order valence-electron chi connectivity index (χ2n) is 8.92.